The quantitative estimate of drug-likeness (QED) is 0.659. The van der Waals surface area contributed by atoms with Crippen molar-refractivity contribution in [2.75, 3.05) is 13.1 Å². The third-order valence-corrected chi connectivity index (χ3v) is 3.23. The highest BCUT2D eigenvalue weighted by molar-refractivity contribution is 5.27. The van der Waals surface area contributed by atoms with Crippen LogP contribution in [0.5, 0.6) is 0 Å². The summed E-state index contributed by atoms with van der Waals surface area (Å²) in [6, 6.07) is 8.58. The van der Waals surface area contributed by atoms with Crippen LogP contribution >= 0.6 is 0 Å². The largest absolute Gasteiger partial charge is 0.330 e. The minimum Gasteiger partial charge on any atom is -0.330 e. The lowest BCUT2D eigenvalue weighted by Gasteiger charge is -2.10. The molecule has 0 fully saturated rings. The van der Waals surface area contributed by atoms with Crippen LogP contribution in [0.4, 0.5) is 0 Å². The van der Waals surface area contributed by atoms with E-state index in [-0.39, 0.29) is 0 Å². The van der Waals surface area contributed by atoms with Gasteiger partial charge in [-0.05, 0) is 43.0 Å². The lowest BCUT2D eigenvalue weighted by molar-refractivity contribution is 0.520. The van der Waals surface area contributed by atoms with E-state index in [1.807, 2.05) is 0 Å². The molecule has 0 radical (unpaired) electrons. The van der Waals surface area contributed by atoms with Crippen molar-refractivity contribution in [2.24, 2.45) is 11.7 Å². The molecular weight excluding hydrogens is 220 g/mol. The molecule has 0 amide bonds. The van der Waals surface area contributed by atoms with Gasteiger partial charge in [0.2, 0.25) is 0 Å². The Morgan fingerprint density at radius 3 is 2.50 bits per heavy atom. The number of benzene rings is 1. The standard InChI is InChI=1S/C16H28N2/c1-14(2)7-5-6-12-18-13-16-9-4-3-8-15(16)10-11-17/h3-4,8-9,14,18H,5-7,10-13,17H2,1-2H3. The Morgan fingerprint density at radius 2 is 1.83 bits per heavy atom. The van der Waals surface area contributed by atoms with E-state index in [4.69, 9.17) is 5.73 Å². The van der Waals surface area contributed by atoms with Crippen molar-refractivity contribution in [3.63, 3.8) is 0 Å². The zero-order valence-corrected chi connectivity index (χ0v) is 11.9. The number of nitrogens with one attached hydrogen (secondary N) is 1. The van der Waals surface area contributed by atoms with E-state index in [0.717, 1.165) is 32.0 Å². The highest BCUT2D eigenvalue weighted by Crippen LogP contribution is 2.09. The molecule has 3 N–H and O–H groups in total. The predicted octanol–water partition coefficient (Wildman–Crippen LogP) is 3.10. The van der Waals surface area contributed by atoms with Crippen LogP contribution in [0, 0.1) is 5.92 Å². The monoisotopic (exact) mass is 248 g/mol. The maximum Gasteiger partial charge on any atom is 0.0208 e. The first kappa shape index (κ1) is 15.2. The normalized spacial score (nSPS) is 11.1. The molecule has 1 rings (SSSR count). The minimum atomic E-state index is 0.728. The van der Waals surface area contributed by atoms with Crippen molar-refractivity contribution in [1.29, 1.82) is 0 Å². The van der Waals surface area contributed by atoms with Crippen LogP contribution < -0.4 is 11.1 Å². The average Bonchev–Trinajstić information content (AvgIpc) is 2.35. The van der Waals surface area contributed by atoms with Crippen molar-refractivity contribution in [3.05, 3.63) is 35.4 Å². The Bertz CT molecular complexity index is 321. The van der Waals surface area contributed by atoms with Gasteiger partial charge in [0.1, 0.15) is 0 Å². The van der Waals surface area contributed by atoms with E-state index < -0.39 is 0 Å². The van der Waals surface area contributed by atoms with E-state index in [2.05, 4.69) is 43.4 Å². The lowest BCUT2D eigenvalue weighted by Crippen LogP contribution is -2.16. The van der Waals surface area contributed by atoms with Crippen LogP contribution in [0.25, 0.3) is 0 Å². The van der Waals surface area contributed by atoms with Gasteiger partial charge in [0.05, 0.1) is 0 Å². The first-order valence-electron chi connectivity index (χ1n) is 7.21. The van der Waals surface area contributed by atoms with Gasteiger partial charge in [-0.15, -0.1) is 0 Å². The van der Waals surface area contributed by atoms with Gasteiger partial charge in [-0.1, -0.05) is 51.0 Å². The molecule has 0 saturated carbocycles. The summed E-state index contributed by atoms with van der Waals surface area (Å²) >= 11 is 0. The smallest absolute Gasteiger partial charge is 0.0208 e. The number of hydrogen-bond acceptors (Lipinski definition) is 2. The van der Waals surface area contributed by atoms with Gasteiger partial charge in [0, 0.05) is 6.54 Å². The van der Waals surface area contributed by atoms with E-state index in [1.165, 1.54) is 30.4 Å². The number of unbranched alkanes of at least 4 members (excludes halogenated alkanes) is 1. The molecule has 0 aromatic heterocycles. The second-order valence-corrected chi connectivity index (χ2v) is 5.37. The van der Waals surface area contributed by atoms with E-state index in [1.54, 1.807) is 0 Å². The molecule has 0 saturated heterocycles. The Labute approximate surface area is 112 Å². The van der Waals surface area contributed by atoms with E-state index in [0.29, 0.717) is 0 Å². The molecular formula is C16H28N2. The molecule has 0 spiro atoms. The molecule has 0 aliphatic rings. The second kappa shape index (κ2) is 9.12. The SMILES string of the molecule is CC(C)CCCCNCc1ccccc1CCN. The third kappa shape index (κ3) is 6.18. The summed E-state index contributed by atoms with van der Waals surface area (Å²) in [6.07, 6.45) is 4.92. The molecule has 0 atom stereocenters. The number of hydrogen-bond donors (Lipinski definition) is 2. The van der Waals surface area contributed by atoms with Crippen LogP contribution in [0.2, 0.25) is 0 Å². The van der Waals surface area contributed by atoms with Crippen LogP contribution in [-0.2, 0) is 13.0 Å². The molecule has 0 bridgehead atoms. The molecule has 18 heavy (non-hydrogen) atoms. The summed E-state index contributed by atoms with van der Waals surface area (Å²) in [4.78, 5) is 0. The first-order chi connectivity index (χ1) is 8.74. The van der Waals surface area contributed by atoms with Crippen molar-refractivity contribution in [2.45, 2.75) is 46.1 Å². The van der Waals surface area contributed by atoms with Crippen LogP contribution in [0.15, 0.2) is 24.3 Å². The first-order valence-corrected chi connectivity index (χ1v) is 7.21. The summed E-state index contributed by atoms with van der Waals surface area (Å²) in [5.74, 6) is 0.829. The highest BCUT2D eigenvalue weighted by Gasteiger charge is 2.00. The van der Waals surface area contributed by atoms with Gasteiger partial charge in [0.15, 0.2) is 0 Å². The Hall–Kier alpha value is -0.860. The summed E-state index contributed by atoms with van der Waals surface area (Å²) in [7, 11) is 0. The molecule has 2 nitrogen and oxygen atoms in total. The molecule has 0 aliphatic heterocycles. The lowest BCUT2D eigenvalue weighted by atomic mass is 10.0. The van der Waals surface area contributed by atoms with Crippen molar-refractivity contribution < 1.29 is 0 Å². The Morgan fingerprint density at radius 1 is 1.11 bits per heavy atom. The molecule has 0 aliphatic carbocycles. The zero-order chi connectivity index (χ0) is 13.2. The molecule has 2 heteroatoms. The van der Waals surface area contributed by atoms with Crippen molar-refractivity contribution in [1.82, 2.24) is 5.32 Å². The summed E-state index contributed by atoms with van der Waals surface area (Å²) in [6.45, 7) is 7.39. The van der Waals surface area contributed by atoms with Crippen LogP contribution in [0.3, 0.4) is 0 Å². The van der Waals surface area contributed by atoms with Crippen LogP contribution in [0.1, 0.15) is 44.2 Å². The van der Waals surface area contributed by atoms with Crippen molar-refractivity contribution >= 4 is 0 Å². The van der Waals surface area contributed by atoms with Gasteiger partial charge in [-0.25, -0.2) is 0 Å². The van der Waals surface area contributed by atoms with Gasteiger partial charge < -0.3 is 11.1 Å². The minimum absolute atomic E-state index is 0.728. The number of nitrogens with two attached hydrogens (primary N) is 1. The fourth-order valence-corrected chi connectivity index (χ4v) is 2.15. The van der Waals surface area contributed by atoms with Gasteiger partial charge >= 0.3 is 0 Å². The Kier molecular flexibility index (Phi) is 7.70. The summed E-state index contributed by atoms with van der Waals surface area (Å²) in [5, 5.41) is 3.53. The fraction of sp³-hybridized carbons (Fsp3) is 0.625. The van der Waals surface area contributed by atoms with Crippen molar-refractivity contribution in [3.8, 4) is 0 Å². The summed E-state index contributed by atoms with van der Waals surface area (Å²) in [5.41, 5.74) is 8.41. The highest BCUT2D eigenvalue weighted by atomic mass is 14.8. The molecule has 1 aromatic rings. The predicted molar refractivity (Wildman–Crippen MR) is 79.6 cm³/mol. The van der Waals surface area contributed by atoms with Gasteiger partial charge in [-0.2, -0.15) is 0 Å². The zero-order valence-electron chi connectivity index (χ0n) is 11.9. The van der Waals surface area contributed by atoms with Crippen LogP contribution in [-0.4, -0.2) is 13.1 Å². The molecule has 0 heterocycles. The summed E-state index contributed by atoms with van der Waals surface area (Å²) < 4.78 is 0. The van der Waals surface area contributed by atoms with E-state index in [9.17, 15) is 0 Å². The van der Waals surface area contributed by atoms with E-state index >= 15 is 0 Å². The van der Waals surface area contributed by atoms with Gasteiger partial charge in [-0.3, -0.25) is 0 Å². The second-order valence-electron chi connectivity index (χ2n) is 5.37. The maximum absolute atomic E-state index is 5.63. The van der Waals surface area contributed by atoms with Gasteiger partial charge in [0.25, 0.3) is 0 Å². The maximum atomic E-state index is 5.63. The molecule has 0 unspecified atom stereocenters. The molecule has 102 valence electrons. The molecule has 1 aromatic carbocycles. The third-order valence-electron chi connectivity index (χ3n) is 3.23. The fourth-order valence-electron chi connectivity index (χ4n) is 2.15. The topological polar surface area (TPSA) is 38.0 Å². The number of rotatable bonds is 9. The Balaban J connectivity index is 2.22. The average molecular weight is 248 g/mol.